The Labute approximate surface area is 132 Å². The molecule has 0 bridgehead atoms. The number of ether oxygens (including phenoxy) is 1. The number of carbonyl (C=O) groups is 1. The number of unbranched alkanes of at least 4 members (excludes halogenated alkanes) is 1. The maximum Gasteiger partial charge on any atom is 0.152 e. The summed E-state index contributed by atoms with van der Waals surface area (Å²) in [6.45, 7) is 2.17. The molecule has 0 aliphatic rings. The van der Waals surface area contributed by atoms with Crippen LogP contribution in [0.3, 0.4) is 0 Å². The molecule has 0 heterocycles. The maximum absolute atomic E-state index is 10.8. The molecule has 0 radical (unpaired) electrons. The maximum atomic E-state index is 10.8. The van der Waals surface area contributed by atoms with Gasteiger partial charge in [-0.25, -0.2) is 0 Å². The summed E-state index contributed by atoms with van der Waals surface area (Å²) in [5.41, 5.74) is 2.46. The van der Waals surface area contributed by atoms with Gasteiger partial charge in [0.25, 0.3) is 0 Å². The van der Waals surface area contributed by atoms with Gasteiger partial charge in [-0.3, -0.25) is 4.79 Å². The molecule has 0 saturated carbocycles. The van der Waals surface area contributed by atoms with Crippen LogP contribution in [0.2, 0.25) is 0 Å². The lowest BCUT2D eigenvalue weighted by Crippen LogP contribution is -1.95. The third-order valence-electron chi connectivity index (χ3n) is 3.36. The van der Waals surface area contributed by atoms with E-state index in [0.717, 1.165) is 25.0 Å². The molecule has 114 valence electrons. The molecule has 0 atom stereocenters. The number of ketones is 1. The fraction of sp³-hybridized carbons (Fsp3) is 0.250. The van der Waals surface area contributed by atoms with Crippen LogP contribution in [0.4, 0.5) is 0 Å². The first kappa shape index (κ1) is 16.0. The van der Waals surface area contributed by atoms with Crippen LogP contribution in [0, 0.1) is 0 Å². The quantitative estimate of drug-likeness (QED) is 0.519. The second kappa shape index (κ2) is 8.83. The number of rotatable bonds is 8. The molecule has 0 fully saturated rings. The summed E-state index contributed by atoms with van der Waals surface area (Å²) in [7, 11) is 0. The van der Waals surface area contributed by atoms with Gasteiger partial charge in [-0.15, -0.1) is 0 Å². The lowest BCUT2D eigenvalue weighted by atomic mass is 10.1. The highest BCUT2D eigenvalue weighted by molar-refractivity contribution is 5.87. The van der Waals surface area contributed by atoms with Crippen LogP contribution in [0.15, 0.2) is 66.7 Å². The van der Waals surface area contributed by atoms with E-state index in [1.165, 1.54) is 11.1 Å². The normalized spacial score (nSPS) is 10.8. The Bertz CT molecular complexity index is 597. The molecule has 2 aromatic rings. The van der Waals surface area contributed by atoms with Gasteiger partial charge >= 0.3 is 0 Å². The largest absolute Gasteiger partial charge is 0.489 e. The van der Waals surface area contributed by atoms with Crippen molar-refractivity contribution in [3.05, 3.63) is 77.9 Å². The van der Waals surface area contributed by atoms with E-state index < -0.39 is 0 Å². The summed E-state index contributed by atoms with van der Waals surface area (Å²) >= 11 is 0. The number of aryl methyl sites for hydroxylation is 1. The van der Waals surface area contributed by atoms with Crippen LogP contribution in [0.1, 0.15) is 30.9 Å². The van der Waals surface area contributed by atoms with Crippen molar-refractivity contribution in [2.75, 3.05) is 0 Å². The third-order valence-corrected chi connectivity index (χ3v) is 3.36. The molecule has 22 heavy (non-hydrogen) atoms. The molecular formula is C20H22O2. The molecule has 0 aromatic heterocycles. The highest BCUT2D eigenvalue weighted by Crippen LogP contribution is 2.15. The molecule has 0 unspecified atom stereocenters. The first-order valence-corrected chi connectivity index (χ1v) is 7.67. The lowest BCUT2D eigenvalue weighted by Gasteiger charge is -2.07. The highest BCUT2D eigenvalue weighted by Gasteiger charge is 1.97. The highest BCUT2D eigenvalue weighted by atomic mass is 16.5. The van der Waals surface area contributed by atoms with Crippen molar-refractivity contribution in [3.8, 4) is 5.75 Å². The second-order valence-electron chi connectivity index (χ2n) is 5.32. The molecule has 0 saturated heterocycles. The van der Waals surface area contributed by atoms with Crippen LogP contribution in [0.25, 0.3) is 0 Å². The minimum atomic E-state index is 0.111. The molecule has 2 nitrogen and oxygen atoms in total. The molecule has 0 aliphatic heterocycles. The number of carbonyl (C=O) groups excluding carboxylic acids is 1. The lowest BCUT2D eigenvalue weighted by molar-refractivity contribution is -0.112. The van der Waals surface area contributed by atoms with Gasteiger partial charge in [0.2, 0.25) is 0 Å². The Morgan fingerprint density at radius 3 is 2.41 bits per heavy atom. The van der Waals surface area contributed by atoms with Crippen molar-refractivity contribution in [2.45, 2.75) is 32.8 Å². The summed E-state index contributed by atoms with van der Waals surface area (Å²) in [6, 6.07) is 18.4. The van der Waals surface area contributed by atoms with E-state index in [2.05, 4.69) is 24.3 Å². The van der Waals surface area contributed by atoms with Gasteiger partial charge in [-0.1, -0.05) is 48.5 Å². The van der Waals surface area contributed by atoms with Crippen molar-refractivity contribution in [2.24, 2.45) is 0 Å². The SMILES string of the molecule is CC(=O)C=CCCCc1ccc(OCc2ccccc2)cc1. The van der Waals surface area contributed by atoms with Gasteiger partial charge in [0.05, 0.1) is 0 Å². The summed E-state index contributed by atoms with van der Waals surface area (Å²) in [5.74, 6) is 1.00. The smallest absolute Gasteiger partial charge is 0.152 e. The van der Waals surface area contributed by atoms with Gasteiger partial charge in [-0.2, -0.15) is 0 Å². The van der Waals surface area contributed by atoms with Crippen LogP contribution < -0.4 is 4.74 Å². The summed E-state index contributed by atoms with van der Waals surface area (Å²) in [4.78, 5) is 10.8. The monoisotopic (exact) mass is 294 g/mol. The van der Waals surface area contributed by atoms with E-state index in [4.69, 9.17) is 4.74 Å². The molecule has 0 N–H and O–H groups in total. The number of allylic oxidation sites excluding steroid dienone is 2. The van der Waals surface area contributed by atoms with Gasteiger partial charge in [0, 0.05) is 0 Å². The van der Waals surface area contributed by atoms with Crippen molar-refractivity contribution in [1.82, 2.24) is 0 Å². The third kappa shape index (κ3) is 5.96. The topological polar surface area (TPSA) is 26.3 Å². The molecule has 0 spiro atoms. The molecule has 2 aromatic carbocycles. The fourth-order valence-electron chi connectivity index (χ4n) is 2.17. The summed E-state index contributed by atoms with van der Waals surface area (Å²) in [6.07, 6.45) is 6.58. The van der Waals surface area contributed by atoms with Crippen LogP contribution in [-0.4, -0.2) is 5.78 Å². The van der Waals surface area contributed by atoms with Crippen molar-refractivity contribution in [3.63, 3.8) is 0 Å². The van der Waals surface area contributed by atoms with E-state index in [9.17, 15) is 4.79 Å². The first-order chi connectivity index (χ1) is 10.7. The van der Waals surface area contributed by atoms with Gasteiger partial charge in [-0.05, 0) is 55.5 Å². The average molecular weight is 294 g/mol. The van der Waals surface area contributed by atoms with E-state index >= 15 is 0 Å². The Morgan fingerprint density at radius 2 is 1.73 bits per heavy atom. The number of hydrogen-bond donors (Lipinski definition) is 0. The van der Waals surface area contributed by atoms with Crippen molar-refractivity contribution in [1.29, 1.82) is 0 Å². The second-order valence-corrected chi connectivity index (χ2v) is 5.32. The minimum absolute atomic E-state index is 0.111. The first-order valence-electron chi connectivity index (χ1n) is 7.67. The Hall–Kier alpha value is -2.35. The Balaban J connectivity index is 1.74. The van der Waals surface area contributed by atoms with E-state index in [1.54, 1.807) is 13.0 Å². The van der Waals surface area contributed by atoms with Crippen LogP contribution in [-0.2, 0) is 17.8 Å². The standard InChI is InChI=1S/C20H22O2/c1-17(21)8-4-2-5-9-18-12-14-20(15-13-18)22-16-19-10-6-3-7-11-19/h3-4,6-8,10-15H,2,5,9,16H2,1H3. The van der Waals surface area contributed by atoms with Crippen molar-refractivity contribution < 1.29 is 9.53 Å². The predicted octanol–water partition coefficient (Wildman–Crippen LogP) is 4.73. The van der Waals surface area contributed by atoms with Gasteiger partial charge in [0.1, 0.15) is 12.4 Å². The molecule has 2 rings (SSSR count). The van der Waals surface area contributed by atoms with E-state index in [1.807, 2.05) is 36.4 Å². The van der Waals surface area contributed by atoms with Crippen LogP contribution >= 0.6 is 0 Å². The minimum Gasteiger partial charge on any atom is -0.489 e. The molecule has 0 amide bonds. The van der Waals surface area contributed by atoms with Gasteiger partial charge in [0.15, 0.2) is 5.78 Å². The molecular weight excluding hydrogens is 272 g/mol. The number of benzene rings is 2. The Morgan fingerprint density at radius 1 is 1.00 bits per heavy atom. The van der Waals surface area contributed by atoms with Crippen molar-refractivity contribution >= 4 is 5.78 Å². The average Bonchev–Trinajstić information content (AvgIpc) is 2.54. The zero-order valence-electron chi connectivity index (χ0n) is 13.0. The predicted molar refractivity (Wildman–Crippen MR) is 90.0 cm³/mol. The van der Waals surface area contributed by atoms with Crippen LogP contribution in [0.5, 0.6) is 5.75 Å². The zero-order valence-corrected chi connectivity index (χ0v) is 13.0. The zero-order chi connectivity index (χ0) is 15.6. The number of hydrogen-bond acceptors (Lipinski definition) is 2. The molecule has 0 aliphatic carbocycles. The summed E-state index contributed by atoms with van der Waals surface area (Å²) < 4.78 is 5.77. The Kier molecular flexibility index (Phi) is 6.43. The van der Waals surface area contributed by atoms with E-state index in [-0.39, 0.29) is 5.78 Å². The fourth-order valence-corrected chi connectivity index (χ4v) is 2.17. The molecule has 2 heteroatoms. The van der Waals surface area contributed by atoms with E-state index in [0.29, 0.717) is 6.61 Å². The van der Waals surface area contributed by atoms with Gasteiger partial charge < -0.3 is 4.74 Å². The summed E-state index contributed by atoms with van der Waals surface area (Å²) in [5, 5.41) is 0.